The largest absolute Gasteiger partial charge is 0.495 e. The van der Waals surface area contributed by atoms with E-state index in [0.717, 1.165) is 36.4 Å². The second-order valence-electron chi connectivity index (χ2n) is 3.91. The number of halogens is 1. The Bertz CT molecular complexity index is 349. The molecule has 0 radical (unpaired) electrons. The maximum absolute atomic E-state index is 5.41. The average Bonchev–Trinajstić information content (AvgIpc) is 2.57. The third-order valence-electron chi connectivity index (χ3n) is 2.82. The molecule has 0 atom stereocenters. The summed E-state index contributed by atoms with van der Waals surface area (Å²) in [6.07, 6.45) is 1.18. The summed E-state index contributed by atoms with van der Waals surface area (Å²) in [6, 6.07) is 6.15. The molecular formula is C12H17BrN2O. The van der Waals surface area contributed by atoms with Gasteiger partial charge in [0, 0.05) is 24.1 Å². The first kappa shape index (κ1) is 11.7. The van der Waals surface area contributed by atoms with Gasteiger partial charge in [-0.05, 0) is 31.2 Å². The fourth-order valence-electron chi connectivity index (χ4n) is 2.00. The number of benzene rings is 1. The molecule has 0 unspecified atom stereocenters. The van der Waals surface area contributed by atoms with Crippen LogP contribution in [0.4, 0.5) is 5.69 Å². The van der Waals surface area contributed by atoms with Crippen molar-refractivity contribution in [3.8, 4) is 5.75 Å². The van der Waals surface area contributed by atoms with E-state index in [9.17, 15) is 0 Å². The summed E-state index contributed by atoms with van der Waals surface area (Å²) in [7, 11) is 1.73. The summed E-state index contributed by atoms with van der Waals surface area (Å²) < 4.78 is 6.51. The smallest absolute Gasteiger partial charge is 0.142 e. The van der Waals surface area contributed by atoms with Crippen molar-refractivity contribution in [3.63, 3.8) is 0 Å². The van der Waals surface area contributed by atoms with E-state index in [0.29, 0.717) is 0 Å². The van der Waals surface area contributed by atoms with Crippen molar-refractivity contribution in [1.29, 1.82) is 0 Å². The number of hydrogen-bond donors (Lipinski definition) is 1. The lowest BCUT2D eigenvalue weighted by Gasteiger charge is -2.24. The third-order valence-corrected chi connectivity index (χ3v) is 3.31. The highest BCUT2D eigenvalue weighted by atomic mass is 79.9. The van der Waals surface area contributed by atoms with Gasteiger partial charge in [-0.2, -0.15) is 0 Å². The Hall–Kier alpha value is -0.740. The Kier molecular flexibility index (Phi) is 4.07. The normalized spacial score (nSPS) is 17.0. The van der Waals surface area contributed by atoms with Crippen molar-refractivity contribution in [2.45, 2.75) is 6.42 Å². The van der Waals surface area contributed by atoms with Gasteiger partial charge in [0.15, 0.2) is 0 Å². The van der Waals surface area contributed by atoms with E-state index in [4.69, 9.17) is 4.74 Å². The van der Waals surface area contributed by atoms with Crippen LogP contribution in [-0.4, -0.2) is 33.3 Å². The number of rotatable bonds is 2. The van der Waals surface area contributed by atoms with Crippen molar-refractivity contribution >= 4 is 21.6 Å². The van der Waals surface area contributed by atoms with Crippen molar-refractivity contribution in [2.24, 2.45) is 0 Å². The van der Waals surface area contributed by atoms with Crippen molar-refractivity contribution in [2.75, 3.05) is 38.2 Å². The van der Waals surface area contributed by atoms with E-state index in [1.165, 1.54) is 12.1 Å². The molecule has 1 aliphatic heterocycles. The minimum absolute atomic E-state index is 0.949. The number of methoxy groups -OCH3 is 1. The standard InChI is InChI=1S/C12H17BrN2O/c1-16-12-4-3-10(13)9-11(12)15-7-2-5-14-6-8-15/h3-4,9,14H,2,5-8H2,1H3. The van der Waals surface area contributed by atoms with Gasteiger partial charge in [0.1, 0.15) is 5.75 Å². The van der Waals surface area contributed by atoms with Gasteiger partial charge in [0.05, 0.1) is 12.8 Å². The molecular weight excluding hydrogens is 268 g/mol. The predicted octanol–water partition coefficient (Wildman–Crippen LogP) is 2.26. The third kappa shape index (κ3) is 2.68. The number of anilines is 1. The maximum Gasteiger partial charge on any atom is 0.142 e. The first-order chi connectivity index (χ1) is 7.81. The van der Waals surface area contributed by atoms with Gasteiger partial charge in [-0.25, -0.2) is 0 Å². The highest BCUT2D eigenvalue weighted by molar-refractivity contribution is 9.10. The topological polar surface area (TPSA) is 24.5 Å². The van der Waals surface area contributed by atoms with Crippen LogP contribution in [0.1, 0.15) is 6.42 Å². The van der Waals surface area contributed by atoms with E-state index < -0.39 is 0 Å². The molecule has 3 nitrogen and oxygen atoms in total. The molecule has 0 aromatic heterocycles. The van der Waals surface area contributed by atoms with Crippen LogP contribution < -0.4 is 15.0 Å². The quantitative estimate of drug-likeness (QED) is 0.902. The van der Waals surface area contributed by atoms with E-state index in [2.05, 4.69) is 32.2 Å². The number of hydrogen-bond acceptors (Lipinski definition) is 3. The van der Waals surface area contributed by atoms with Crippen molar-refractivity contribution < 1.29 is 4.74 Å². The summed E-state index contributed by atoms with van der Waals surface area (Å²) in [5.41, 5.74) is 1.18. The zero-order chi connectivity index (χ0) is 11.4. The highest BCUT2D eigenvalue weighted by Gasteiger charge is 2.14. The Morgan fingerprint density at radius 3 is 3.00 bits per heavy atom. The average molecular weight is 285 g/mol. The molecule has 1 saturated heterocycles. The molecule has 0 amide bonds. The molecule has 16 heavy (non-hydrogen) atoms. The molecule has 1 aromatic carbocycles. The number of nitrogens with one attached hydrogen (secondary N) is 1. The summed E-state index contributed by atoms with van der Waals surface area (Å²) in [6.45, 7) is 4.26. The van der Waals surface area contributed by atoms with Crippen LogP contribution in [0.5, 0.6) is 5.75 Å². The Morgan fingerprint density at radius 2 is 2.19 bits per heavy atom. The fourth-order valence-corrected chi connectivity index (χ4v) is 2.35. The number of nitrogens with zero attached hydrogens (tertiary/aromatic N) is 1. The van der Waals surface area contributed by atoms with Crippen LogP contribution >= 0.6 is 15.9 Å². The zero-order valence-corrected chi connectivity index (χ0v) is 11.1. The minimum atomic E-state index is 0.949. The van der Waals surface area contributed by atoms with Gasteiger partial charge < -0.3 is 15.0 Å². The van der Waals surface area contributed by atoms with Crippen LogP contribution in [0.15, 0.2) is 22.7 Å². The van der Waals surface area contributed by atoms with E-state index in [1.807, 2.05) is 12.1 Å². The molecule has 0 aliphatic carbocycles. The SMILES string of the molecule is COc1ccc(Br)cc1N1CCCNCC1. The van der Waals surface area contributed by atoms with Crippen molar-refractivity contribution in [1.82, 2.24) is 5.32 Å². The van der Waals surface area contributed by atoms with Crippen LogP contribution in [0, 0.1) is 0 Å². The lowest BCUT2D eigenvalue weighted by atomic mass is 10.2. The van der Waals surface area contributed by atoms with E-state index in [-0.39, 0.29) is 0 Å². The van der Waals surface area contributed by atoms with Crippen LogP contribution in [0.25, 0.3) is 0 Å². The first-order valence-electron chi connectivity index (χ1n) is 5.60. The zero-order valence-electron chi connectivity index (χ0n) is 9.50. The monoisotopic (exact) mass is 284 g/mol. The van der Waals surface area contributed by atoms with Gasteiger partial charge in [-0.15, -0.1) is 0 Å². The molecule has 0 bridgehead atoms. The van der Waals surface area contributed by atoms with Gasteiger partial charge in [0.25, 0.3) is 0 Å². The van der Waals surface area contributed by atoms with Crippen LogP contribution in [0.2, 0.25) is 0 Å². The number of ether oxygens (including phenoxy) is 1. The molecule has 2 rings (SSSR count). The maximum atomic E-state index is 5.41. The lowest BCUT2D eigenvalue weighted by molar-refractivity contribution is 0.414. The summed E-state index contributed by atoms with van der Waals surface area (Å²) >= 11 is 3.51. The van der Waals surface area contributed by atoms with E-state index in [1.54, 1.807) is 7.11 Å². The molecule has 4 heteroatoms. The second kappa shape index (κ2) is 5.55. The molecule has 0 spiro atoms. The first-order valence-corrected chi connectivity index (χ1v) is 6.40. The minimum Gasteiger partial charge on any atom is -0.495 e. The van der Waals surface area contributed by atoms with Gasteiger partial charge in [0.2, 0.25) is 0 Å². The lowest BCUT2D eigenvalue weighted by Crippen LogP contribution is -2.28. The summed E-state index contributed by atoms with van der Waals surface area (Å²) in [5, 5.41) is 3.40. The predicted molar refractivity (Wildman–Crippen MR) is 70.4 cm³/mol. The Balaban J connectivity index is 2.25. The second-order valence-corrected chi connectivity index (χ2v) is 4.82. The summed E-state index contributed by atoms with van der Waals surface area (Å²) in [5.74, 6) is 0.949. The highest BCUT2D eigenvalue weighted by Crippen LogP contribution is 2.31. The van der Waals surface area contributed by atoms with Gasteiger partial charge in [-0.3, -0.25) is 0 Å². The van der Waals surface area contributed by atoms with Crippen LogP contribution in [0.3, 0.4) is 0 Å². The van der Waals surface area contributed by atoms with Gasteiger partial charge >= 0.3 is 0 Å². The molecule has 1 aromatic rings. The molecule has 1 fully saturated rings. The Morgan fingerprint density at radius 1 is 1.31 bits per heavy atom. The molecule has 88 valence electrons. The molecule has 0 saturated carbocycles. The Labute approximate surface area is 105 Å². The summed E-state index contributed by atoms with van der Waals surface area (Å²) in [4.78, 5) is 2.38. The molecule has 1 aliphatic rings. The van der Waals surface area contributed by atoms with E-state index >= 15 is 0 Å². The molecule has 1 N–H and O–H groups in total. The van der Waals surface area contributed by atoms with Crippen molar-refractivity contribution in [3.05, 3.63) is 22.7 Å². The van der Waals surface area contributed by atoms with Crippen LogP contribution in [-0.2, 0) is 0 Å². The fraction of sp³-hybridized carbons (Fsp3) is 0.500. The van der Waals surface area contributed by atoms with Gasteiger partial charge in [-0.1, -0.05) is 15.9 Å². The molecule has 1 heterocycles.